The Hall–Kier alpha value is -2.14. The number of rotatable bonds is 5. The molecule has 0 bridgehead atoms. The van der Waals surface area contributed by atoms with E-state index in [0.717, 1.165) is 25.2 Å². The van der Waals surface area contributed by atoms with Gasteiger partial charge in [0.25, 0.3) is 5.91 Å². The van der Waals surface area contributed by atoms with Gasteiger partial charge in [-0.3, -0.25) is 9.69 Å². The van der Waals surface area contributed by atoms with Crippen LogP contribution in [0.25, 0.3) is 0 Å². The predicted molar refractivity (Wildman–Crippen MR) is 92.8 cm³/mol. The Balaban J connectivity index is 1.68. The average Bonchev–Trinajstić information content (AvgIpc) is 3.25. The van der Waals surface area contributed by atoms with Crippen LogP contribution >= 0.6 is 0 Å². The Morgan fingerprint density at radius 3 is 2.79 bits per heavy atom. The van der Waals surface area contributed by atoms with E-state index in [2.05, 4.69) is 41.2 Å². The van der Waals surface area contributed by atoms with Crippen molar-refractivity contribution in [2.45, 2.75) is 39.3 Å². The highest BCUT2D eigenvalue weighted by Crippen LogP contribution is 2.27. The van der Waals surface area contributed by atoms with Crippen LogP contribution in [0.15, 0.2) is 40.9 Å². The molecule has 2 atom stereocenters. The molecular formula is C19H25N3O2. The first kappa shape index (κ1) is 16.7. The van der Waals surface area contributed by atoms with E-state index in [-0.39, 0.29) is 11.9 Å². The number of benzene rings is 1. The number of hydrogen-bond acceptors (Lipinski definition) is 4. The molecule has 1 aliphatic rings. The van der Waals surface area contributed by atoms with Crippen molar-refractivity contribution in [1.29, 1.82) is 0 Å². The standard InChI is InChI=1S/C19H25N3O2/c1-4-22(19(23)18-12-14(2)20-24-18)17-10-11-21(13-17)15(3)16-8-6-5-7-9-16/h5-9,12,15,17H,4,10-11,13H2,1-3H3. The summed E-state index contributed by atoms with van der Waals surface area (Å²) in [4.78, 5) is 17.1. The average molecular weight is 327 g/mol. The summed E-state index contributed by atoms with van der Waals surface area (Å²) in [6.45, 7) is 8.65. The lowest BCUT2D eigenvalue weighted by molar-refractivity contribution is 0.0647. The van der Waals surface area contributed by atoms with Crippen molar-refractivity contribution >= 4 is 5.91 Å². The van der Waals surface area contributed by atoms with Crippen molar-refractivity contribution in [2.75, 3.05) is 19.6 Å². The van der Waals surface area contributed by atoms with Crippen molar-refractivity contribution in [3.8, 4) is 0 Å². The van der Waals surface area contributed by atoms with E-state index in [1.165, 1.54) is 5.56 Å². The molecule has 0 aliphatic carbocycles. The second-order valence-corrected chi connectivity index (χ2v) is 6.45. The van der Waals surface area contributed by atoms with Gasteiger partial charge >= 0.3 is 0 Å². The van der Waals surface area contributed by atoms with Gasteiger partial charge in [0.2, 0.25) is 5.76 Å². The van der Waals surface area contributed by atoms with Crippen LogP contribution in [-0.4, -0.2) is 46.5 Å². The summed E-state index contributed by atoms with van der Waals surface area (Å²) < 4.78 is 5.16. The predicted octanol–water partition coefficient (Wildman–Crippen LogP) is 3.28. The van der Waals surface area contributed by atoms with Crippen LogP contribution in [0, 0.1) is 6.92 Å². The second kappa shape index (κ2) is 7.18. The van der Waals surface area contributed by atoms with Crippen LogP contribution < -0.4 is 0 Å². The van der Waals surface area contributed by atoms with Crippen molar-refractivity contribution in [3.05, 3.63) is 53.4 Å². The Morgan fingerprint density at radius 1 is 1.42 bits per heavy atom. The lowest BCUT2D eigenvalue weighted by Gasteiger charge is -2.29. The number of carbonyl (C=O) groups is 1. The lowest BCUT2D eigenvalue weighted by Crippen LogP contribution is -2.42. The highest BCUT2D eigenvalue weighted by atomic mass is 16.5. The summed E-state index contributed by atoms with van der Waals surface area (Å²) in [5, 5.41) is 3.83. The fourth-order valence-corrected chi connectivity index (χ4v) is 3.49. The van der Waals surface area contributed by atoms with Crippen molar-refractivity contribution in [1.82, 2.24) is 15.0 Å². The molecule has 5 nitrogen and oxygen atoms in total. The maximum atomic E-state index is 12.7. The third-order valence-electron chi connectivity index (χ3n) is 4.91. The number of nitrogens with zero attached hydrogens (tertiary/aromatic N) is 3. The quantitative estimate of drug-likeness (QED) is 0.845. The van der Waals surface area contributed by atoms with Crippen LogP contribution in [0.1, 0.15) is 48.1 Å². The van der Waals surface area contributed by atoms with Gasteiger partial charge in [0.1, 0.15) is 0 Å². The lowest BCUT2D eigenvalue weighted by atomic mass is 10.1. The number of hydrogen-bond donors (Lipinski definition) is 0. The van der Waals surface area contributed by atoms with Crippen molar-refractivity contribution < 1.29 is 9.32 Å². The highest BCUT2D eigenvalue weighted by molar-refractivity contribution is 5.91. The summed E-state index contributed by atoms with van der Waals surface area (Å²) in [5.74, 6) is 0.279. The summed E-state index contributed by atoms with van der Waals surface area (Å²) in [6, 6.07) is 12.8. The van der Waals surface area contributed by atoms with Gasteiger partial charge in [0, 0.05) is 37.8 Å². The van der Waals surface area contributed by atoms with Crippen LogP contribution in [0.4, 0.5) is 0 Å². The van der Waals surface area contributed by atoms with Gasteiger partial charge in [0.15, 0.2) is 0 Å². The topological polar surface area (TPSA) is 49.6 Å². The van der Waals surface area contributed by atoms with Crippen LogP contribution in [-0.2, 0) is 0 Å². The molecule has 1 aliphatic heterocycles. The number of aromatic nitrogens is 1. The van der Waals surface area contributed by atoms with Gasteiger partial charge < -0.3 is 9.42 Å². The molecule has 1 aromatic heterocycles. The molecule has 0 spiro atoms. The molecule has 128 valence electrons. The molecule has 2 aromatic rings. The Bertz CT molecular complexity index is 683. The van der Waals surface area contributed by atoms with Crippen LogP contribution in [0.5, 0.6) is 0 Å². The first-order valence-corrected chi connectivity index (χ1v) is 8.63. The van der Waals surface area contributed by atoms with Gasteiger partial charge in [-0.2, -0.15) is 0 Å². The summed E-state index contributed by atoms with van der Waals surface area (Å²) >= 11 is 0. The Morgan fingerprint density at radius 2 is 2.17 bits per heavy atom. The molecule has 5 heteroatoms. The number of amides is 1. The number of carbonyl (C=O) groups excluding carboxylic acids is 1. The van der Waals surface area contributed by atoms with E-state index >= 15 is 0 Å². The first-order chi connectivity index (χ1) is 11.6. The summed E-state index contributed by atoms with van der Waals surface area (Å²) in [5.41, 5.74) is 2.05. The minimum atomic E-state index is -0.0580. The molecule has 24 heavy (non-hydrogen) atoms. The van der Waals surface area contributed by atoms with Gasteiger partial charge in [-0.1, -0.05) is 35.5 Å². The maximum Gasteiger partial charge on any atom is 0.292 e. The zero-order valence-corrected chi connectivity index (χ0v) is 14.6. The SMILES string of the molecule is CCN(C(=O)c1cc(C)no1)C1CCN(C(C)c2ccccc2)C1. The van der Waals surface area contributed by atoms with E-state index in [9.17, 15) is 4.79 Å². The number of likely N-dealkylation sites (N-methyl/N-ethyl adjacent to an activating group) is 1. The van der Waals surface area contributed by atoms with Crippen molar-refractivity contribution in [3.63, 3.8) is 0 Å². The van der Waals surface area contributed by atoms with E-state index in [4.69, 9.17) is 4.52 Å². The largest absolute Gasteiger partial charge is 0.351 e. The molecule has 1 aromatic carbocycles. The Labute approximate surface area is 143 Å². The normalized spacial score (nSPS) is 19.4. The first-order valence-electron chi connectivity index (χ1n) is 8.63. The third-order valence-corrected chi connectivity index (χ3v) is 4.91. The van der Waals surface area contributed by atoms with Gasteiger partial charge in [-0.25, -0.2) is 0 Å². The highest BCUT2D eigenvalue weighted by Gasteiger charge is 2.33. The fourth-order valence-electron chi connectivity index (χ4n) is 3.49. The van der Waals surface area contributed by atoms with E-state index in [1.807, 2.05) is 24.8 Å². The molecule has 2 heterocycles. The van der Waals surface area contributed by atoms with E-state index in [0.29, 0.717) is 18.3 Å². The number of aryl methyl sites for hydroxylation is 1. The van der Waals surface area contributed by atoms with Gasteiger partial charge in [-0.15, -0.1) is 0 Å². The molecule has 1 saturated heterocycles. The maximum absolute atomic E-state index is 12.7. The molecule has 2 unspecified atom stereocenters. The Kier molecular flexibility index (Phi) is 5.00. The van der Waals surface area contributed by atoms with E-state index < -0.39 is 0 Å². The summed E-state index contributed by atoms with van der Waals surface area (Å²) in [7, 11) is 0. The van der Waals surface area contributed by atoms with Crippen LogP contribution in [0.3, 0.4) is 0 Å². The smallest absolute Gasteiger partial charge is 0.292 e. The summed E-state index contributed by atoms with van der Waals surface area (Å²) in [6.07, 6.45) is 0.990. The monoisotopic (exact) mass is 327 g/mol. The zero-order chi connectivity index (χ0) is 17.1. The minimum absolute atomic E-state index is 0.0580. The van der Waals surface area contributed by atoms with Gasteiger partial charge in [-0.05, 0) is 32.8 Å². The molecular weight excluding hydrogens is 302 g/mol. The molecule has 0 radical (unpaired) electrons. The third kappa shape index (κ3) is 3.36. The molecule has 0 saturated carbocycles. The zero-order valence-electron chi connectivity index (χ0n) is 14.6. The van der Waals surface area contributed by atoms with E-state index in [1.54, 1.807) is 6.07 Å². The molecule has 1 amide bonds. The van der Waals surface area contributed by atoms with Crippen LogP contribution in [0.2, 0.25) is 0 Å². The molecule has 3 rings (SSSR count). The number of likely N-dealkylation sites (tertiary alicyclic amines) is 1. The fraction of sp³-hybridized carbons (Fsp3) is 0.474. The molecule has 1 fully saturated rings. The molecule has 0 N–H and O–H groups in total. The van der Waals surface area contributed by atoms with Crippen molar-refractivity contribution in [2.24, 2.45) is 0 Å². The minimum Gasteiger partial charge on any atom is -0.351 e. The second-order valence-electron chi connectivity index (χ2n) is 6.45. The van der Waals surface area contributed by atoms with Gasteiger partial charge in [0.05, 0.1) is 5.69 Å².